The fraction of sp³-hybridized carbons (Fsp3) is 0.500. The maximum absolute atomic E-state index is 12.4. The molecule has 1 unspecified atom stereocenters. The van der Waals surface area contributed by atoms with Crippen LogP contribution in [0.3, 0.4) is 0 Å². The van der Waals surface area contributed by atoms with Gasteiger partial charge in [0.05, 0.1) is 18.3 Å². The highest BCUT2D eigenvalue weighted by molar-refractivity contribution is 7.99. The highest BCUT2D eigenvalue weighted by Gasteiger charge is 2.30. The number of hydrogen-bond acceptors (Lipinski definition) is 4. The number of anilines is 1. The molecule has 1 atom stereocenters. The molecule has 0 radical (unpaired) electrons. The predicted octanol–water partition coefficient (Wildman–Crippen LogP) is 2.78. The van der Waals surface area contributed by atoms with Crippen LogP contribution < -0.4 is 5.73 Å². The number of hydrogen-bond donors (Lipinski definition) is 2. The smallest absolute Gasteiger partial charge is 0.398 e. The Hall–Kier alpha value is -0.920. The van der Waals surface area contributed by atoms with E-state index in [9.17, 15) is 18.3 Å². The van der Waals surface area contributed by atoms with E-state index in [1.165, 1.54) is 17.8 Å². The molecule has 0 aliphatic rings. The van der Waals surface area contributed by atoms with Crippen LogP contribution in [0.2, 0.25) is 0 Å². The first-order valence-corrected chi connectivity index (χ1v) is 6.68. The van der Waals surface area contributed by atoms with Crippen LogP contribution in [-0.4, -0.2) is 30.2 Å². The molecule has 0 fully saturated rings. The van der Waals surface area contributed by atoms with Gasteiger partial charge < -0.3 is 15.6 Å². The van der Waals surface area contributed by atoms with Crippen molar-refractivity contribution in [2.75, 3.05) is 24.7 Å². The van der Waals surface area contributed by atoms with E-state index in [0.29, 0.717) is 17.3 Å². The van der Waals surface area contributed by atoms with E-state index in [0.717, 1.165) is 12.1 Å². The molecular weight excluding hydrogens is 279 g/mol. The standard InChI is InChI=1S/C12H16F3NO2S/c1-2-18-6-9(17)7-19-11-4-3-8(5-10(11)16)12(13,14)15/h3-5,9,17H,2,6-7,16H2,1H3. The fourth-order valence-electron chi connectivity index (χ4n) is 1.34. The number of thioether (sulfide) groups is 1. The number of nitrogens with two attached hydrogens (primary N) is 1. The Balaban J connectivity index is 2.60. The molecule has 0 aromatic heterocycles. The molecule has 0 aliphatic carbocycles. The second kappa shape index (κ2) is 7.02. The number of benzene rings is 1. The third kappa shape index (κ3) is 5.30. The lowest BCUT2D eigenvalue weighted by Crippen LogP contribution is -2.18. The Labute approximate surface area is 113 Å². The first-order valence-electron chi connectivity index (χ1n) is 5.70. The van der Waals surface area contributed by atoms with Gasteiger partial charge in [-0.1, -0.05) is 0 Å². The van der Waals surface area contributed by atoms with Gasteiger partial charge >= 0.3 is 6.18 Å². The Morgan fingerprint density at radius 2 is 2.11 bits per heavy atom. The molecule has 108 valence electrons. The number of rotatable bonds is 6. The van der Waals surface area contributed by atoms with Crippen molar-refractivity contribution in [3.05, 3.63) is 23.8 Å². The first kappa shape index (κ1) is 16.1. The molecule has 3 nitrogen and oxygen atoms in total. The SMILES string of the molecule is CCOCC(O)CSc1ccc(C(F)(F)F)cc1N. The van der Waals surface area contributed by atoms with Crippen LogP contribution in [0.1, 0.15) is 12.5 Å². The summed E-state index contributed by atoms with van der Waals surface area (Å²) >= 11 is 1.20. The van der Waals surface area contributed by atoms with Crippen LogP contribution in [0.15, 0.2) is 23.1 Å². The van der Waals surface area contributed by atoms with E-state index >= 15 is 0 Å². The molecule has 0 saturated carbocycles. The van der Waals surface area contributed by atoms with Crippen molar-refractivity contribution in [3.63, 3.8) is 0 Å². The monoisotopic (exact) mass is 295 g/mol. The Morgan fingerprint density at radius 1 is 1.42 bits per heavy atom. The fourth-order valence-corrected chi connectivity index (χ4v) is 2.20. The zero-order valence-electron chi connectivity index (χ0n) is 10.4. The quantitative estimate of drug-likeness (QED) is 0.626. The summed E-state index contributed by atoms with van der Waals surface area (Å²) in [6.07, 6.45) is -5.07. The zero-order chi connectivity index (χ0) is 14.5. The van der Waals surface area contributed by atoms with Crippen molar-refractivity contribution < 1.29 is 23.0 Å². The van der Waals surface area contributed by atoms with Crippen LogP contribution in [-0.2, 0) is 10.9 Å². The highest BCUT2D eigenvalue weighted by atomic mass is 32.2. The lowest BCUT2D eigenvalue weighted by molar-refractivity contribution is -0.137. The molecule has 0 bridgehead atoms. The van der Waals surface area contributed by atoms with Crippen molar-refractivity contribution in [2.45, 2.75) is 24.1 Å². The summed E-state index contributed by atoms with van der Waals surface area (Å²) in [4.78, 5) is 0.517. The van der Waals surface area contributed by atoms with E-state index in [2.05, 4.69) is 0 Å². The molecule has 0 amide bonds. The largest absolute Gasteiger partial charge is 0.416 e. The van der Waals surface area contributed by atoms with Gasteiger partial charge in [-0.05, 0) is 25.1 Å². The van der Waals surface area contributed by atoms with Crippen molar-refractivity contribution in [3.8, 4) is 0 Å². The molecule has 1 aromatic carbocycles. The summed E-state index contributed by atoms with van der Waals surface area (Å²) in [6, 6.07) is 3.20. The van der Waals surface area contributed by atoms with Crippen molar-refractivity contribution in [2.24, 2.45) is 0 Å². The summed E-state index contributed by atoms with van der Waals surface area (Å²) in [6.45, 7) is 2.52. The molecular formula is C12H16F3NO2S. The van der Waals surface area contributed by atoms with Crippen LogP contribution in [0.5, 0.6) is 0 Å². The van der Waals surface area contributed by atoms with E-state index in [-0.39, 0.29) is 12.3 Å². The highest BCUT2D eigenvalue weighted by Crippen LogP contribution is 2.34. The molecule has 19 heavy (non-hydrogen) atoms. The number of alkyl halides is 3. The lowest BCUT2D eigenvalue weighted by Gasteiger charge is -2.13. The maximum atomic E-state index is 12.4. The molecule has 7 heteroatoms. The average Bonchev–Trinajstić information content (AvgIpc) is 2.33. The minimum Gasteiger partial charge on any atom is -0.398 e. The average molecular weight is 295 g/mol. The second-order valence-corrected chi connectivity index (χ2v) is 4.94. The van der Waals surface area contributed by atoms with Crippen LogP contribution >= 0.6 is 11.8 Å². The minimum absolute atomic E-state index is 0.0587. The topological polar surface area (TPSA) is 55.5 Å². The predicted molar refractivity (Wildman–Crippen MR) is 69.1 cm³/mol. The van der Waals surface area contributed by atoms with Gasteiger partial charge in [-0.15, -0.1) is 11.8 Å². The van der Waals surface area contributed by atoms with Crippen molar-refractivity contribution in [1.82, 2.24) is 0 Å². The van der Waals surface area contributed by atoms with Crippen LogP contribution in [0, 0.1) is 0 Å². The van der Waals surface area contributed by atoms with Crippen molar-refractivity contribution in [1.29, 1.82) is 0 Å². The minimum atomic E-state index is -4.40. The third-order valence-electron chi connectivity index (χ3n) is 2.28. The lowest BCUT2D eigenvalue weighted by atomic mass is 10.2. The Bertz CT molecular complexity index is 412. The summed E-state index contributed by atoms with van der Waals surface area (Å²) in [5.74, 6) is 0.315. The molecule has 1 aromatic rings. The molecule has 0 saturated heterocycles. The first-order chi connectivity index (χ1) is 8.84. The molecule has 0 aliphatic heterocycles. The van der Waals surface area contributed by atoms with Crippen molar-refractivity contribution >= 4 is 17.4 Å². The maximum Gasteiger partial charge on any atom is 0.416 e. The second-order valence-electron chi connectivity index (χ2n) is 3.87. The van der Waals surface area contributed by atoms with Gasteiger partial charge in [-0.25, -0.2) is 0 Å². The summed E-state index contributed by atoms with van der Waals surface area (Å²) in [5, 5.41) is 9.55. The molecule has 3 N–H and O–H groups in total. The summed E-state index contributed by atoms with van der Waals surface area (Å²) in [5.41, 5.74) is 4.86. The Kier molecular flexibility index (Phi) is 5.96. The summed E-state index contributed by atoms with van der Waals surface area (Å²) in [7, 11) is 0. The molecule has 1 rings (SSSR count). The molecule has 0 spiro atoms. The third-order valence-corrected chi connectivity index (χ3v) is 3.52. The van der Waals surface area contributed by atoms with E-state index in [1.54, 1.807) is 0 Å². The van der Waals surface area contributed by atoms with Crippen LogP contribution in [0.4, 0.5) is 18.9 Å². The van der Waals surface area contributed by atoms with E-state index in [4.69, 9.17) is 10.5 Å². The summed E-state index contributed by atoms with van der Waals surface area (Å²) < 4.78 is 42.3. The van der Waals surface area contributed by atoms with Gasteiger partial charge in [0, 0.05) is 22.9 Å². The van der Waals surface area contributed by atoms with E-state index < -0.39 is 17.8 Å². The van der Waals surface area contributed by atoms with Gasteiger partial charge in [-0.3, -0.25) is 0 Å². The number of ether oxygens (including phenoxy) is 1. The molecule has 0 heterocycles. The van der Waals surface area contributed by atoms with Gasteiger partial charge in [0.15, 0.2) is 0 Å². The Morgan fingerprint density at radius 3 is 2.63 bits per heavy atom. The van der Waals surface area contributed by atoms with E-state index in [1.807, 2.05) is 6.92 Å². The number of nitrogen functional groups attached to an aromatic ring is 1. The van der Waals surface area contributed by atoms with Gasteiger partial charge in [0.2, 0.25) is 0 Å². The normalized spacial score (nSPS) is 13.5. The van der Waals surface area contributed by atoms with Gasteiger partial charge in [0.1, 0.15) is 0 Å². The number of aliphatic hydroxyl groups is 1. The van der Waals surface area contributed by atoms with Crippen LogP contribution in [0.25, 0.3) is 0 Å². The van der Waals surface area contributed by atoms with Gasteiger partial charge in [-0.2, -0.15) is 13.2 Å². The number of halogens is 3. The number of aliphatic hydroxyl groups excluding tert-OH is 1. The zero-order valence-corrected chi connectivity index (χ0v) is 11.2. The van der Waals surface area contributed by atoms with Gasteiger partial charge in [0.25, 0.3) is 0 Å².